The molecule has 0 saturated heterocycles. The van der Waals surface area contributed by atoms with E-state index in [9.17, 15) is 9.59 Å². The molecule has 166 valence electrons. The highest BCUT2D eigenvalue weighted by molar-refractivity contribution is 5.85. The number of hydrogen-bond acceptors (Lipinski definition) is 6. The van der Waals surface area contributed by atoms with Crippen LogP contribution >= 0.6 is 0 Å². The molecule has 0 aliphatic carbocycles. The molecule has 3 aromatic rings. The number of pyridine rings is 1. The number of carbonyl (C=O) groups excluding carboxylic acids is 2. The molecule has 0 spiro atoms. The predicted octanol–water partition coefficient (Wildman–Crippen LogP) is 1.50. The number of carbonyl (C=O) groups is 2. The van der Waals surface area contributed by atoms with Crippen molar-refractivity contribution < 1.29 is 14.3 Å². The van der Waals surface area contributed by atoms with Crippen LogP contribution in [0.2, 0.25) is 0 Å². The molecule has 5 N–H and O–H groups in total. The predicted molar refractivity (Wildman–Crippen MR) is 118 cm³/mol. The molecule has 2 amide bonds. The van der Waals surface area contributed by atoms with Gasteiger partial charge in [-0.3, -0.25) is 14.0 Å². The number of nitrogens with zero attached hydrogens (tertiary/aromatic N) is 3. The maximum atomic E-state index is 12.6. The van der Waals surface area contributed by atoms with Crippen molar-refractivity contribution in [2.24, 2.45) is 11.5 Å². The fourth-order valence-corrected chi connectivity index (χ4v) is 2.97. The molecule has 1 atom stereocenters. The van der Waals surface area contributed by atoms with Crippen LogP contribution in [0, 0.1) is 0 Å². The van der Waals surface area contributed by atoms with E-state index in [0.29, 0.717) is 23.8 Å². The van der Waals surface area contributed by atoms with E-state index >= 15 is 0 Å². The third kappa shape index (κ3) is 6.09. The average Bonchev–Trinajstić information content (AvgIpc) is 3.12. The Bertz CT molecular complexity index is 1030. The lowest BCUT2D eigenvalue weighted by Crippen LogP contribution is -2.51. The van der Waals surface area contributed by atoms with Crippen molar-refractivity contribution in [2.75, 3.05) is 6.61 Å². The summed E-state index contributed by atoms with van der Waals surface area (Å²) in [5.41, 5.74) is 12.4. The first-order valence-corrected chi connectivity index (χ1v) is 9.58. The second kappa shape index (κ2) is 10.1. The van der Waals surface area contributed by atoms with Crippen molar-refractivity contribution in [3.05, 3.63) is 65.6 Å². The number of hydrogen-bond donors (Lipinski definition) is 3. The van der Waals surface area contributed by atoms with E-state index in [1.54, 1.807) is 36.4 Å². The largest absolute Gasteiger partial charge is 0.374 e. The van der Waals surface area contributed by atoms with Crippen LogP contribution in [0.3, 0.4) is 0 Å². The quantitative estimate of drug-likeness (QED) is 0.474. The zero-order valence-corrected chi connectivity index (χ0v) is 17.0. The second-order valence-corrected chi connectivity index (χ2v) is 7.66. The Morgan fingerprint density at radius 1 is 1.13 bits per heavy atom. The number of benzene rings is 1. The number of aromatic nitrogens is 3. The molecule has 0 aliphatic heterocycles. The first-order chi connectivity index (χ1) is 14.3. The van der Waals surface area contributed by atoms with Crippen molar-refractivity contribution in [3.63, 3.8) is 0 Å². The standard InChI is InChI=1S/C21H26N6O3.CH4/c1-21(2,23)20(29)24-16(13-30-12-14-7-4-3-5-8-14)19-26-25-18-10-6-9-15(27(18)19)11-17(22)28;/h3-10,16H,11-13,23H2,1-2H3,(H2,22,28)(H,24,29);1H4/t16-;/m1./s1. The molecule has 9 heteroatoms. The summed E-state index contributed by atoms with van der Waals surface area (Å²) < 4.78 is 7.57. The molecule has 9 nitrogen and oxygen atoms in total. The first-order valence-electron chi connectivity index (χ1n) is 9.58. The van der Waals surface area contributed by atoms with E-state index in [4.69, 9.17) is 16.2 Å². The van der Waals surface area contributed by atoms with Gasteiger partial charge in [0.2, 0.25) is 11.8 Å². The Morgan fingerprint density at radius 2 is 1.84 bits per heavy atom. The van der Waals surface area contributed by atoms with E-state index in [2.05, 4.69) is 15.5 Å². The molecule has 1 aromatic carbocycles. The van der Waals surface area contributed by atoms with E-state index < -0.39 is 17.5 Å². The average molecular weight is 427 g/mol. The van der Waals surface area contributed by atoms with Gasteiger partial charge in [0, 0.05) is 5.69 Å². The lowest BCUT2D eigenvalue weighted by Gasteiger charge is -2.24. The number of fused-ring (bicyclic) bond motifs is 1. The minimum Gasteiger partial charge on any atom is -0.374 e. The highest BCUT2D eigenvalue weighted by atomic mass is 16.5. The lowest BCUT2D eigenvalue weighted by atomic mass is 10.1. The normalized spacial score (nSPS) is 12.2. The van der Waals surface area contributed by atoms with Crippen molar-refractivity contribution in [1.82, 2.24) is 19.9 Å². The topological polar surface area (TPSA) is 138 Å². The Hall–Kier alpha value is -3.30. The highest BCUT2D eigenvalue weighted by Crippen LogP contribution is 2.18. The number of nitrogens with two attached hydrogens (primary N) is 2. The van der Waals surface area contributed by atoms with Gasteiger partial charge in [-0.05, 0) is 31.5 Å². The summed E-state index contributed by atoms with van der Waals surface area (Å²) in [6, 6.07) is 14.4. The van der Waals surface area contributed by atoms with Gasteiger partial charge in [0.15, 0.2) is 11.5 Å². The molecular formula is C22H30N6O3. The van der Waals surface area contributed by atoms with Gasteiger partial charge in [0.05, 0.1) is 25.2 Å². The third-order valence-electron chi connectivity index (χ3n) is 4.49. The molecule has 0 fully saturated rings. The molecular weight excluding hydrogens is 396 g/mol. The van der Waals surface area contributed by atoms with Crippen molar-refractivity contribution in [2.45, 2.75) is 45.9 Å². The first kappa shape index (κ1) is 24.0. The van der Waals surface area contributed by atoms with Gasteiger partial charge in [0.25, 0.3) is 0 Å². The molecule has 0 radical (unpaired) electrons. The number of rotatable bonds is 9. The van der Waals surface area contributed by atoms with E-state index in [-0.39, 0.29) is 26.4 Å². The van der Waals surface area contributed by atoms with Gasteiger partial charge in [-0.25, -0.2) is 0 Å². The molecule has 0 bridgehead atoms. The van der Waals surface area contributed by atoms with Crippen LogP contribution in [0.5, 0.6) is 0 Å². The van der Waals surface area contributed by atoms with Crippen LogP contribution in [0.1, 0.15) is 44.4 Å². The number of nitrogens with one attached hydrogen (secondary N) is 1. The zero-order chi connectivity index (χ0) is 21.7. The van der Waals surface area contributed by atoms with Crippen LogP contribution in [0.25, 0.3) is 5.65 Å². The second-order valence-electron chi connectivity index (χ2n) is 7.66. The van der Waals surface area contributed by atoms with Gasteiger partial charge in [-0.15, -0.1) is 10.2 Å². The van der Waals surface area contributed by atoms with Crippen LogP contribution in [0.4, 0.5) is 0 Å². The molecule has 3 rings (SSSR count). The smallest absolute Gasteiger partial charge is 0.240 e. The molecule has 2 aromatic heterocycles. The zero-order valence-electron chi connectivity index (χ0n) is 17.0. The van der Waals surface area contributed by atoms with Crippen LogP contribution in [-0.4, -0.2) is 38.6 Å². The monoisotopic (exact) mass is 426 g/mol. The van der Waals surface area contributed by atoms with Gasteiger partial charge >= 0.3 is 0 Å². The number of primary amides is 1. The summed E-state index contributed by atoms with van der Waals surface area (Å²) in [4.78, 5) is 24.1. The Morgan fingerprint density at radius 3 is 2.48 bits per heavy atom. The number of amides is 2. The maximum Gasteiger partial charge on any atom is 0.240 e. The van der Waals surface area contributed by atoms with Crippen LogP contribution < -0.4 is 16.8 Å². The minimum atomic E-state index is -1.09. The molecule has 2 heterocycles. The van der Waals surface area contributed by atoms with E-state index in [1.165, 1.54) is 0 Å². The number of ether oxygens (including phenoxy) is 1. The van der Waals surface area contributed by atoms with E-state index in [0.717, 1.165) is 5.56 Å². The minimum absolute atomic E-state index is 0. The van der Waals surface area contributed by atoms with Gasteiger partial charge in [-0.1, -0.05) is 43.8 Å². The fraction of sp³-hybridized carbons (Fsp3) is 0.364. The molecule has 31 heavy (non-hydrogen) atoms. The summed E-state index contributed by atoms with van der Waals surface area (Å²) >= 11 is 0. The summed E-state index contributed by atoms with van der Waals surface area (Å²) in [5.74, 6) is -0.404. The summed E-state index contributed by atoms with van der Waals surface area (Å²) in [6.45, 7) is 3.74. The van der Waals surface area contributed by atoms with Crippen LogP contribution in [0.15, 0.2) is 48.5 Å². The Balaban J connectivity index is 0.00000341. The summed E-state index contributed by atoms with van der Waals surface area (Å²) in [7, 11) is 0. The summed E-state index contributed by atoms with van der Waals surface area (Å²) in [5, 5.41) is 11.3. The molecule has 0 aliphatic rings. The van der Waals surface area contributed by atoms with Crippen molar-refractivity contribution in [1.29, 1.82) is 0 Å². The van der Waals surface area contributed by atoms with Gasteiger partial charge < -0.3 is 21.5 Å². The van der Waals surface area contributed by atoms with Crippen molar-refractivity contribution in [3.8, 4) is 0 Å². The van der Waals surface area contributed by atoms with E-state index in [1.807, 2.05) is 30.3 Å². The van der Waals surface area contributed by atoms with Crippen molar-refractivity contribution >= 4 is 17.5 Å². The van der Waals surface area contributed by atoms with Crippen LogP contribution in [-0.2, 0) is 27.4 Å². The molecule has 0 unspecified atom stereocenters. The maximum absolute atomic E-state index is 12.6. The third-order valence-corrected chi connectivity index (χ3v) is 4.49. The SMILES string of the molecule is C.CC(C)(N)C(=O)N[C@H](COCc1ccccc1)c1nnc2cccc(CC(N)=O)n12. The van der Waals surface area contributed by atoms with Gasteiger partial charge in [-0.2, -0.15) is 0 Å². The highest BCUT2D eigenvalue weighted by Gasteiger charge is 2.28. The fourth-order valence-electron chi connectivity index (χ4n) is 2.97. The molecule has 0 saturated carbocycles. The Kier molecular flexibility index (Phi) is 7.84. The Labute approximate surface area is 181 Å². The lowest BCUT2D eigenvalue weighted by molar-refractivity contribution is -0.126. The summed E-state index contributed by atoms with van der Waals surface area (Å²) in [6.07, 6.45) is 0.0102. The van der Waals surface area contributed by atoms with Gasteiger partial charge in [0.1, 0.15) is 6.04 Å².